The zero-order valence-electron chi connectivity index (χ0n) is 22.7. The number of pyridine rings is 1. The Morgan fingerprint density at radius 3 is 2.60 bits per heavy atom. The van der Waals surface area contributed by atoms with Crippen LogP contribution in [0.1, 0.15) is 17.9 Å². The molecule has 2 aromatic carbocycles. The third-order valence-corrected chi connectivity index (χ3v) is 8.35. The van der Waals surface area contributed by atoms with Crippen molar-refractivity contribution in [3.05, 3.63) is 76.6 Å². The van der Waals surface area contributed by atoms with E-state index in [0.29, 0.717) is 28.9 Å². The Labute approximate surface area is 238 Å². The minimum atomic E-state index is -4.74. The van der Waals surface area contributed by atoms with Gasteiger partial charge in [0.25, 0.3) is 10.0 Å². The maximum atomic E-state index is 13.9. The fourth-order valence-electron chi connectivity index (χ4n) is 4.45. The van der Waals surface area contributed by atoms with Crippen LogP contribution >= 0.6 is 0 Å². The molecule has 222 valence electrons. The first kappa shape index (κ1) is 29.0. The van der Waals surface area contributed by atoms with Crippen LogP contribution in [-0.2, 0) is 22.6 Å². The average molecular weight is 606 g/mol. The second-order valence-electron chi connectivity index (χ2n) is 9.67. The van der Waals surface area contributed by atoms with E-state index in [1.54, 1.807) is 35.2 Å². The summed E-state index contributed by atoms with van der Waals surface area (Å²) in [6.45, 7) is -0.224. The van der Waals surface area contributed by atoms with Crippen LogP contribution in [0, 0.1) is 0 Å². The number of alkyl halides is 3. The molecule has 0 spiro atoms. The van der Waals surface area contributed by atoms with Crippen molar-refractivity contribution in [1.82, 2.24) is 15.2 Å². The van der Waals surface area contributed by atoms with Crippen molar-refractivity contribution >= 4 is 21.5 Å². The molecule has 0 bridgehead atoms. The van der Waals surface area contributed by atoms with Crippen molar-refractivity contribution in [2.24, 2.45) is 0 Å². The molecule has 4 aromatic rings. The number of H-pyrrole nitrogens is 1. The Hall–Kier alpha value is -4.53. The number of rotatable bonds is 8. The first-order valence-corrected chi connectivity index (χ1v) is 14.1. The standard InChI is InChI=1S/C27H26F3N5O6S/c1-34(2)24-14-19(39-3)13-21(31-24)16-7-9-23-22(11-16)35(15-18(40-23)8-10-25-32-33-26(36)41-25)42(37,38)20-6-4-5-17(12-20)27(28,29)30/h4-7,9,11-14,18H,8,10,15H2,1-3H3,(H,33,36)/t18-/m0/s1. The smallest absolute Gasteiger partial charge is 0.434 e. The molecule has 15 heteroatoms. The number of methoxy groups -OCH3 is 1. The molecule has 0 saturated carbocycles. The van der Waals surface area contributed by atoms with E-state index in [4.69, 9.17) is 13.9 Å². The summed E-state index contributed by atoms with van der Waals surface area (Å²) in [4.78, 5) is 17.2. The van der Waals surface area contributed by atoms with Gasteiger partial charge >= 0.3 is 11.9 Å². The lowest BCUT2D eigenvalue weighted by atomic mass is 10.1. The maximum absolute atomic E-state index is 13.9. The van der Waals surface area contributed by atoms with Gasteiger partial charge in [0.15, 0.2) is 0 Å². The van der Waals surface area contributed by atoms with E-state index in [-0.39, 0.29) is 36.7 Å². The molecular weight excluding hydrogens is 579 g/mol. The molecule has 42 heavy (non-hydrogen) atoms. The molecular formula is C27H26F3N5O6S. The molecule has 5 rings (SSSR count). The van der Waals surface area contributed by atoms with Gasteiger partial charge in [-0.05, 0) is 42.8 Å². The van der Waals surface area contributed by atoms with E-state index < -0.39 is 38.5 Å². The molecule has 2 aromatic heterocycles. The second-order valence-corrected chi connectivity index (χ2v) is 11.5. The van der Waals surface area contributed by atoms with Crippen molar-refractivity contribution < 1.29 is 35.5 Å². The summed E-state index contributed by atoms with van der Waals surface area (Å²) in [7, 11) is 0.631. The van der Waals surface area contributed by atoms with E-state index in [1.807, 2.05) is 14.1 Å². The maximum Gasteiger partial charge on any atom is 0.434 e. The van der Waals surface area contributed by atoms with Gasteiger partial charge in [-0.15, -0.1) is 5.10 Å². The number of aryl methyl sites for hydroxylation is 1. The molecule has 0 radical (unpaired) electrons. The SMILES string of the molecule is COc1cc(-c2ccc3c(c2)N(S(=O)(=O)c2cccc(C(F)(F)F)c2)C[C@H](CCc2n[nH]c(=O)o2)O3)nc(N(C)C)c1. The van der Waals surface area contributed by atoms with E-state index >= 15 is 0 Å². The summed E-state index contributed by atoms with van der Waals surface area (Å²) < 4.78 is 85.7. The Morgan fingerprint density at radius 1 is 1.14 bits per heavy atom. The Balaban J connectivity index is 1.58. The first-order chi connectivity index (χ1) is 19.8. The summed E-state index contributed by atoms with van der Waals surface area (Å²) in [5.74, 6) is 0.695. The number of aromatic nitrogens is 3. The Bertz CT molecular complexity index is 1770. The van der Waals surface area contributed by atoms with Crippen LogP contribution in [0.4, 0.5) is 24.7 Å². The van der Waals surface area contributed by atoms with Crippen molar-refractivity contribution in [3.8, 4) is 22.8 Å². The number of fused-ring (bicyclic) bond motifs is 1. The summed E-state index contributed by atoms with van der Waals surface area (Å²) >= 11 is 0. The highest BCUT2D eigenvalue weighted by molar-refractivity contribution is 7.92. The zero-order valence-corrected chi connectivity index (χ0v) is 23.5. The number of halogens is 3. The topological polar surface area (TPSA) is 131 Å². The van der Waals surface area contributed by atoms with E-state index in [9.17, 15) is 26.4 Å². The molecule has 1 atom stereocenters. The quantitative estimate of drug-likeness (QED) is 0.315. The molecule has 1 aliphatic heterocycles. The van der Waals surface area contributed by atoms with Gasteiger partial charge in [0.2, 0.25) is 5.89 Å². The molecule has 1 N–H and O–H groups in total. The first-order valence-electron chi connectivity index (χ1n) is 12.6. The summed E-state index contributed by atoms with van der Waals surface area (Å²) in [5.41, 5.74) is 0.0458. The van der Waals surface area contributed by atoms with Gasteiger partial charge in [0.05, 0.1) is 35.5 Å². The van der Waals surface area contributed by atoms with Crippen molar-refractivity contribution in [2.45, 2.75) is 30.0 Å². The Morgan fingerprint density at radius 2 is 1.93 bits per heavy atom. The fourth-order valence-corrected chi connectivity index (χ4v) is 5.99. The van der Waals surface area contributed by atoms with E-state index in [0.717, 1.165) is 22.5 Å². The van der Waals surface area contributed by atoms with Crippen molar-refractivity contribution in [3.63, 3.8) is 0 Å². The number of hydrogen-bond donors (Lipinski definition) is 1. The van der Waals surface area contributed by atoms with Gasteiger partial charge in [0, 0.05) is 38.2 Å². The highest BCUT2D eigenvalue weighted by Crippen LogP contribution is 2.41. The number of anilines is 2. The van der Waals surface area contributed by atoms with Crippen LogP contribution in [0.3, 0.4) is 0 Å². The van der Waals surface area contributed by atoms with Crippen molar-refractivity contribution in [2.75, 3.05) is 37.0 Å². The monoisotopic (exact) mass is 605 g/mol. The molecule has 0 saturated heterocycles. The second kappa shape index (κ2) is 11.0. The van der Waals surface area contributed by atoms with Crippen LogP contribution in [-0.4, -0.2) is 57.5 Å². The van der Waals surface area contributed by atoms with Gasteiger partial charge in [-0.3, -0.25) is 4.31 Å². The van der Waals surface area contributed by atoms with Gasteiger partial charge in [0.1, 0.15) is 23.4 Å². The molecule has 0 unspecified atom stereocenters. The normalized spacial score (nSPS) is 15.2. The lowest BCUT2D eigenvalue weighted by Gasteiger charge is -2.36. The summed E-state index contributed by atoms with van der Waals surface area (Å²) in [6.07, 6.45) is -5.12. The van der Waals surface area contributed by atoms with Crippen LogP contribution in [0.5, 0.6) is 11.5 Å². The van der Waals surface area contributed by atoms with Gasteiger partial charge in [-0.2, -0.15) is 13.2 Å². The van der Waals surface area contributed by atoms with E-state index in [1.165, 1.54) is 7.11 Å². The average Bonchev–Trinajstić information content (AvgIpc) is 3.39. The fraction of sp³-hybridized carbons (Fsp3) is 0.296. The predicted molar refractivity (Wildman–Crippen MR) is 146 cm³/mol. The number of sulfonamides is 1. The molecule has 3 heterocycles. The lowest BCUT2D eigenvalue weighted by molar-refractivity contribution is -0.137. The predicted octanol–water partition coefficient (Wildman–Crippen LogP) is 4.11. The van der Waals surface area contributed by atoms with E-state index in [2.05, 4.69) is 15.2 Å². The highest BCUT2D eigenvalue weighted by Gasteiger charge is 2.37. The number of aromatic amines is 1. The molecule has 1 aliphatic rings. The van der Waals surface area contributed by atoms with Crippen LogP contribution in [0.25, 0.3) is 11.3 Å². The number of nitrogens with one attached hydrogen (secondary N) is 1. The van der Waals surface area contributed by atoms with Gasteiger partial charge in [-0.25, -0.2) is 23.3 Å². The third-order valence-electron chi connectivity index (χ3n) is 6.58. The molecule has 0 amide bonds. The van der Waals surface area contributed by atoms with Crippen LogP contribution < -0.4 is 24.4 Å². The minimum absolute atomic E-state index is 0.109. The molecule has 0 aliphatic carbocycles. The Kier molecular flexibility index (Phi) is 7.62. The van der Waals surface area contributed by atoms with Gasteiger partial charge < -0.3 is 18.8 Å². The summed E-state index contributed by atoms with van der Waals surface area (Å²) in [6, 6.07) is 11.8. The third kappa shape index (κ3) is 5.91. The van der Waals surface area contributed by atoms with Crippen LogP contribution in [0.2, 0.25) is 0 Å². The lowest BCUT2D eigenvalue weighted by Crippen LogP contribution is -2.43. The number of hydrogen-bond acceptors (Lipinski definition) is 9. The minimum Gasteiger partial charge on any atom is -0.497 e. The number of ether oxygens (including phenoxy) is 2. The summed E-state index contributed by atoms with van der Waals surface area (Å²) in [5, 5.41) is 5.91. The highest BCUT2D eigenvalue weighted by atomic mass is 32.2. The number of nitrogens with zero attached hydrogens (tertiary/aromatic N) is 4. The largest absolute Gasteiger partial charge is 0.497 e. The van der Waals surface area contributed by atoms with Crippen LogP contribution in [0.15, 0.2) is 68.7 Å². The van der Waals surface area contributed by atoms with Crippen molar-refractivity contribution in [1.29, 1.82) is 0 Å². The van der Waals surface area contributed by atoms with Gasteiger partial charge in [-0.1, -0.05) is 6.07 Å². The molecule has 0 fully saturated rings. The molecule has 11 nitrogen and oxygen atoms in total. The number of benzene rings is 2. The zero-order chi connectivity index (χ0) is 30.2.